The summed E-state index contributed by atoms with van der Waals surface area (Å²) < 4.78 is 20.7. The first kappa shape index (κ1) is 20.4. The lowest BCUT2D eigenvalue weighted by atomic mass is 10.0. The predicted octanol–water partition coefficient (Wildman–Crippen LogP) is 6.24. The molecule has 0 saturated carbocycles. The maximum absolute atomic E-state index is 13.4. The molecule has 5 heteroatoms. The van der Waals surface area contributed by atoms with Crippen molar-refractivity contribution in [3.8, 4) is 16.9 Å². The number of hydrogen-bond acceptors (Lipinski definition) is 2. The molecular formula is C26H22FNO3. The maximum Gasteiger partial charge on any atom is 0.353 e. The fourth-order valence-corrected chi connectivity index (χ4v) is 3.83. The highest BCUT2D eigenvalue weighted by Crippen LogP contribution is 2.37. The molecule has 0 atom stereocenters. The van der Waals surface area contributed by atoms with Crippen molar-refractivity contribution in [1.82, 2.24) is 4.57 Å². The Hall–Kier alpha value is -3.86. The van der Waals surface area contributed by atoms with Gasteiger partial charge in [-0.25, -0.2) is 9.18 Å². The topological polar surface area (TPSA) is 51.5 Å². The summed E-state index contributed by atoms with van der Waals surface area (Å²) >= 11 is 0. The summed E-state index contributed by atoms with van der Waals surface area (Å²) in [6, 6.07) is 19.3. The van der Waals surface area contributed by atoms with Gasteiger partial charge in [0.05, 0.1) is 6.61 Å². The molecule has 0 aliphatic heterocycles. The number of rotatable bonds is 7. The van der Waals surface area contributed by atoms with Gasteiger partial charge in [0, 0.05) is 23.0 Å². The van der Waals surface area contributed by atoms with E-state index in [1.165, 1.54) is 12.1 Å². The van der Waals surface area contributed by atoms with Crippen molar-refractivity contribution in [2.75, 3.05) is 6.61 Å². The van der Waals surface area contributed by atoms with Gasteiger partial charge in [-0.2, -0.15) is 0 Å². The largest absolute Gasteiger partial charge is 0.494 e. The Labute approximate surface area is 179 Å². The Kier molecular flexibility index (Phi) is 5.58. The standard InChI is InChI=1S/C26H22FNO3/c1-3-17-7-14-23-22(15-17)24(19-8-12-21(13-9-19)31-4-2)25(26(29)30)28(23)16-18-5-10-20(27)11-6-18/h3,5-15H,1,4,16H2,2H3,(H,29,30). The number of aromatic carboxylic acids is 1. The third-order valence-electron chi connectivity index (χ3n) is 5.23. The highest BCUT2D eigenvalue weighted by molar-refractivity contribution is 6.08. The normalized spacial score (nSPS) is 10.9. The minimum Gasteiger partial charge on any atom is -0.494 e. The van der Waals surface area contributed by atoms with Crippen molar-refractivity contribution in [1.29, 1.82) is 0 Å². The van der Waals surface area contributed by atoms with Crippen molar-refractivity contribution in [3.05, 3.63) is 95.9 Å². The quantitative estimate of drug-likeness (QED) is 0.389. The Bertz CT molecular complexity index is 1250. The minimum atomic E-state index is -1.03. The second-order valence-corrected chi connectivity index (χ2v) is 7.18. The Morgan fingerprint density at radius 2 is 1.81 bits per heavy atom. The van der Waals surface area contributed by atoms with Gasteiger partial charge < -0.3 is 14.4 Å². The number of benzene rings is 3. The van der Waals surface area contributed by atoms with Crippen molar-refractivity contribution >= 4 is 22.9 Å². The van der Waals surface area contributed by atoms with Crippen LogP contribution in [0.15, 0.2) is 73.3 Å². The molecule has 156 valence electrons. The van der Waals surface area contributed by atoms with Crippen molar-refractivity contribution in [2.45, 2.75) is 13.5 Å². The van der Waals surface area contributed by atoms with Gasteiger partial charge in [-0.3, -0.25) is 0 Å². The molecular weight excluding hydrogens is 393 g/mol. The van der Waals surface area contributed by atoms with E-state index < -0.39 is 5.97 Å². The van der Waals surface area contributed by atoms with Gasteiger partial charge in [0.15, 0.2) is 0 Å². The second-order valence-electron chi connectivity index (χ2n) is 7.18. The fraction of sp³-hybridized carbons (Fsp3) is 0.115. The molecule has 0 saturated heterocycles. The Morgan fingerprint density at radius 1 is 1.10 bits per heavy atom. The molecule has 4 nitrogen and oxygen atoms in total. The number of carboxylic acid groups (broad SMARTS) is 1. The minimum absolute atomic E-state index is 0.185. The van der Waals surface area contributed by atoms with Gasteiger partial charge in [-0.15, -0.1) is 0 Å². The summed E-state index contributed by atoms with van der Waals surface area (Å²) in [6.07, 6.45) is 1.74. The van der Waals surface area contributed by atoms with Crippen LogP contribution in [0.4, 0.5) is 4.39 Å². The summed E-state index contributed by atoms with van der Waals surface area (Å²) in [5.41, 5.74) is 4.10. The third kappa shape index (κ3) is 3.94. The summed E-state index contributed by atoms with van der Waals surface area (Å²) in [6.45, 7) is 6.61. The lowest BCUT2D eigenvalue weighted by Crippen LogP contribution is -2.10. The molecule has 0 bridgehead atoms. The number of halogens is 1. The first-order chi connectivity index (χ1) is 15.0. The van der Waals surface area contributed by atoms with Crippen LogP contribution in [0.1, 0.15) is 28.5 Å². The summed E-state index contributed by atoms with van der Waals surface area (Å²) in [7, 11) is 0. The molecule has 0 aliphatic carbocycles. The number of hydrogen-bond donors (Lipinski definition) is 1. The van der Waals surface area contributed by atoms with Gasteiger partial charge in [0.25, 0.3) is 0 Å². The van der Waals surface area contributed by atoms with Gasteiger partial charge in [-0.05, 0) is 60.0 Å². The first-order valence-corrected chi connectivity index (χ1v) is 10.0. The molecule has 0 spiro atoms. The molecule has 0 radical (unpaired) electrons. The number of nitrogens with zero attached hydrogens (tertiary/aromatic N) is 1. The molecule has 1 heterocycles. The van der Waals surface area contributed by atoms with Crippen molar-refractivity contribution in [2.24, 2.45) is 0 Å². The highest BCUT2D eigenvalue weighted by atomic mass is 19.1. The molecule has 31 heavy (non-hydrogen) atoms. The fourth-order valence-electron chi connectivity index (χ4n) is 3.83. The number of ether oxygens (including phenoxy) is 1. The number of carbonyl (C=O) groups is 1. The smallest absolute Gasteiger partial charge is 0.353 e. The molecule has 4 aromatic rings. The molecule has 0 amide bonds. The molecule has 0 fully saturated rings. The summed E-state index contributed by atoms with van der Waals surface area (Å²) in [4.78, 5) is 12.4. The lowest BCUT2D eigenvalue weighted by Gasteiger charge is -2.10. The van der Waals surface area contributed by atoms with Crippen molar-refractivity contribution in [3.63, 3.8) is 0 Å². The van der Waals surface area contributed by atoms with Crippen LogP contribution in [0.3, 0.4) is 0 Å². The summed E-state index contributed by atoms with van der Waals surface area (Å²) in [5.74, 6) is -0.627. The monoisotopic (exact) mass is 415 g/mol. The van der Waals surface area contributed by atoms with E-state index in [1.807, 2.05) is 49.4 Å². The van der Waals surface area contributed by atoms with Crippen LogP contribution in [0.25, 0.3) is 28.1 Å². The van der Waals surface area contributed by atoms with Crippen LogP contribution in [-0.2, 0) is 6.54 Å². The third-order valence-corrected chi connectivity index (χ3v) is 5.23. The second kappa shape index (κ2) is 8.48. The zero-order chi connectivity index (χ0) is 22.0. The molecule has 1 aromatic heterocycles. The SMILES string of the molecule is C=Cc1ccc2c(c1)c(-c1ccc(OCC)cc1)c(C(=O)O)n2Cc1ccc(F)cc1. The van der Waals surface area contributed by atoms with Gasteiger partial charge in [-0.1, -0.05) is 43.0 Å². The number of aromatic nitrogens is 1. The zero-order valence-electron chi connectivity index (χ0n) is 17.1. The van der Waals surface area contributed by atoms with E-state index in [0.29, 0.717) is 18.7 Å². The highest BCUT2D eigenvalue weighted by Gasteiger charge is 2.24. The molecule has 1 N–H and O–H groups in total. The molecule has 3 aromatic carbocycles. The van der Waals surface area contributed by atoms with E-state index in [4.69, 9.17) is 4.74 Å². The van der Waals surface area contributed by atoms with Crippen LogP contribution < -0.4 is 4.74 Å². The van der Waals surface area contributed by atoms with Crippen molar-refractivity contribution < 1.29 is 19.0 Å². The first-order valence-electron chi connectivity index (χ1n) is 10.0. The predicted molar refractivity (Wildman–Crippen MR) is 121 cm³/mol. The average Bonchev–Trinajstić information content (AvgIpc) is 3.09. The van der Waals surface area contributed by atoms with E-state index >= 15 is 0 Å². The van der Waals surface area contributed by atoms with E-state index in [2.05, 4.69) is 6.58 Å². The van der Waals surface area contributed by atoms with E-state index in [1.54, 1.807) is 22.8 Å². The average molecular weight is 415 g/mol. The lowest BCUT2D eigenvalue weighted by molar-refractivity contribution is 0.0687. The number of fused-ring (bicyclic) bond motifs is 1. The molecule has 0 aliphatic rings. The van der Waals surface area contributed by atoms with Gasteiger partial charge in [0.2, 0.25) is 0 Å². The Balaban J connectivity index is 1.96. The van der Waals surface area contributed by atoms with Crippen LogP contribution in [0, 0.1) is 5.82 Å². The number of carboxylic acids is 1. The molecule has 4 rings (SSSR count). The molecule has 0 unspecified atom stereocenters. The van der Waals surface area contributed by atoms with E-state index in [9.17, 15) is 14.3 Å². The van der Waals surface area contributed by atoms with Crippen LogP contribution >= 0.6 is 0 Å². The van der Waals surface area contributed by atoms with Gasteiger partial charge >= 0.3 is 5.97 Å². The maximum atomic E-state index is 13.4. The van der Waals surface area contributed by atoms with E-state index in [-0.39, 0.29) is 11.5 Å². The van der Waals surface area contributed by atoms with Crippen LogP contribution in [-0.4, -0.2) is 22.2 Å². The summed E-state index contributed by atoms with van der Waals surface area (Å²) in [5, 5.41) is 11.0. The zero-order valence-corrected chi connectivity index (χ0v) is 17.1. The van der Waals surface area contributed by atoms with Crippen LogP contribution in [0.5, 0.6) is 5.75 Å². The van der Waals surface area contributed by atoms with Crippen LogP contribution in [0.2, 0.25) is 0 Å². The Morgan fingerprint density at radius 3 is 2.42 bits per heavy atom. The van der Waals surface area contributed by atoms with E-state index in [0.717, 1.165) is 33.3 Å². The van der Waals surface area contributed by atoms with Gasteiger partial charge in [0.1, 0.15) is 17.3 Å².